The predicted molar refractivity (Wildman–Crippen MR) is 58.8 cm³/mol. The highest BCUT2D eigenvalue weighted by Gasteiger charge is 2.09. The van der Waals surface area contributed by atoms with Gasteiger partial charge in [-0.05, 0) is 19.1 Å². The number of H-pyrrole nitrogens is 1. The smallest absolute Gasteiger partial charge is 0.179 e. The standard InChI is InChI=1S/C10H14N4O/c1-6(15)9-11-7-4-5-8(14(2)3)12-10(7)13-9/h4-6,15H,1-3H3,(H,11,12,13). The van der Waals surface area contributed by atoms with Crippen molar-refractivity contribution in [2.45, 2.75) is 13.0 Å². The molecule has 0 radical (unpaired) electrons. The average Bonchev–Trinajstić information content (AvgIpc) is 2.59. The molecule has 2 heterocycles. The Kier molecular flexibility index (Phi) is 2.32. The summed E-state index contributed by atoms with van der Waals surface area (Å²) in [6.07, 6.45) is -0.595. The second kappa shape index (κ2) is 3.51. The third-order valence-electron chi connectivity index (χ3n) is 2.20. The number of aliphatic hydroxyl groups excluding tert-OH is 1. The molecule has 0 spiro atoms. The number of fused-ring (bicyclic) bond motifs is 1. The van der Waals surface area contributed by atoms with Gasteiger partial charge in [0, 0.05) is 14.1 Å². The van der Waals surface area contributed by atoms with Crippen molar-refractivity contribution in [2.24, 2.45) is 0 Å². The second-order valence-corrected chi connectivity index (χ2v) is 3.73. The van der Waals surface area contributed by atoms with Crippen molar-refractivity contribution in [1.29, 1.82) is 0 Å². The summed E-state index contributed by atoms with van der Waals surface area (Å²) in [5, 5.41) is 9.37. The van der Waals surface area contributed by atoms with Crippen LogP contribution in [0.3, 0.4) is 0 Å². The first-order chi connectivity index (χ1) is 7.08. The van der Waals surface area contributed by atoms with E-state index in [1.54, 1.807) is 6.92 Å². The van der Waals surface area contributed by atoms with E-state index in [0.29, 0.717) is 11.5 Å². The maximum Gasteiger partial charge on any atom is 0.179 e. The number of rotatable bonds is 2. The minimum absolute atomic E-state index is 0.549. The lowest BCUT2D eigenvalue weighted by Gasteiger charge is -2.09. The molecule has 2 aromatic rings. The molecule has 2 N–H and O–H groups in total. The van der Waals surface area contributed by atoms with E-state index in [1.165, 1.54) is 0 Å². The summed E-state index contributed by atoms with van der Waals surface area (Å²) < 4.78 is 0. The van der Waals surface area contributed by atoms with Gasteiger partial charge in [-0.1, -0.05) is 0 Å². The molecule has 1 atom stereocenters. The van der Waals surface area contributed by atoms with E-state index in [2.05, 4.69) is 15.0 Å². The molecule has 0 aromatic carbocycles. The highest BCUT2D eigenvalue weighted by Crippen LogP contribution is 2.17. The van der Waals surface area contributed by atoms with Crippen LogP contribution >= 0.6 is 0 Å². The van der Waals surface area contributed by atoms with Crippen molar-refractivity contribution in [3.8, 4) is 0 Å². The van der Waals surface area contributed by atoms with Gasteiger partial charge in [0.15, 0.2) is 5.65 Å². The van der Waals surface area contributed by atoms with Crippen LogP contribution in [0.15, 0.2) is 12.1 Å². The zero-order valence-electron chi connectivity index (χ0n) is 9.02. The minimum Gasteiger partial charge on any atom is -0.385 e. The number of nitrogens with one attached hydrogen (secondary N) is 1. The van der Waals surface area contributed by atoms with Crippen LogP contribution in [0.2, 0.25) is 0 Å². The molecule has 0 aliphatic heterocycles. The summed E-state index contributed by atoms with van der Waals surface area (Å²) in [6, 6.07) is 3.82. The Balaban J connectivity index is 2.52. The molecule has 0 aliphatic rings. The number of anilines is 1. The molecule has 2 rings (SSSR count). The fraction of sp³-hybridized carbons (Fsp3) is 0.400. The van der Waals surface area contributed by atoms with Crippen LogP contribution in [-0.4, -0.2) is 34.2 Å². The van der Waals surface area contributed by atoms with Gasteiger partial charge in [0.2, 0.25) is 0 Å². The summed E-state index contributed by atoms with van der Waals surface area (Å²) in [5.74, 6) is 1.40. The molecule has 0 amide bonds. The van der Waals surface area contributed by atoms with Crippen LogP contribution in [0.5, 0.6) is 0 Å². The topological polar surface area (TPSA) is 65.0 Å². The van der Waals surface area contributed by atoms with Crippen molar-refractivity contribution < 1.29 is 5.11 Å². The van der Waals surface area contributed by atoms with Gasteiger partial charge in [-0.3, -0.25) is 0 Å². The summed E-state index contributed by atoms with van der Waals surface area (Å²) in [6.45, 7) is 1.67. The first-order valence-electron chi connectivity index (χ1n) is 4.80. The normalized spacial score (nSPS) is 13.1. The van der Waals surface area contributed by atoms with Crippen LogP contribution in [0, 0.1) is 0 Å². The lowest BCUT2D eigenvalue weighted by atomic mass is 10.4. The van der Waals surface area contributed by atoms with Gasteiger partial charge < -0.3 is 15.0 Å². The number of aromatic amines is 1. The van der Waals surface area contributed by atoms with E-state index in [4.69, 9.17) is 0 Å². The van der Waals surface area contributed by atoms with Gasteiger partial charge >= 0.3 is 0 Å². The van der Waals surface area contributed by atoms with Crippen LogP contribution in [-0.2, 0) is 0 Å². The summed E-state index contributed by atoms with van der Waals surface area (Å²) in [4.78, 5) is 13.5. The highest BCUT2D eigenvalue weighted by molar-refractivity contribution is 5.73. The predicted octanol–water partition coefficient (Wildman–Crippen LogP) is 1.08. The number of pyridine rings is 1. The van der Waals surface area contributed by atoms with Crippen LogP contribution in [0.1, 0.15) is 18.9 Å². The molecule has 0 saturated carbocycles. The molecule has 5 nitrogen and oxygen atoms in total. The van der Waals surface area contributed by atoms with E-state index >= 15 is 0 Å². The van der Waals surface area contributed by atoms with Crippen LogP contribution in [0.25, 0.3) is 11.2 Å². The summed E-state index contributed by atoms with van der Waals surface area (Å²) >= 11 is 0. The maximum atomic E-state index is 9.37. The molecule has 0 fully saturated rings. The molecule has 0 saturated heterocycles. The van der Waals surface area contributed by atoms with Gasteiger partial charge in [0.05, 0.1) is 5.52 Å². The number of aliphatic hydroxyl groups is 1. The Morgan fingerprint density at radius 1 is 1.33 bits per heavy atom. The fourth-order valence-electron chi connectivity index (χ4n) is 1.35. The average molecular weight is 206 g/mol. The quantitative estimate of drug-likeness (QED) is 0.771. The Labute approximate surface area is 87.8 Å². The Morgan fingerprint density at radius 2 is 2.07 bits per heavy atom. The first-order valence-corrected chi connectivity index (χ1v) is 4.80. The number of nitrogens with zero attached hydrogens (tertiary/aromatic N) is 3. The number of hydrogen-bond donors (Lipinski definition) is 2. The molecule has 0 aliphatic carbocycles. The van der Waals surface area contributed by atoms with Crippen LogP contribution in [0.4, 0.5) is 5.82 Å². The van der Waals surface area contributed by atoms with Crippen molar-refractivity contribution in [3.05, 3.63) is 18.0 Å². The summed E-state index contributed by atoms with van der Waals surface area (Å²) in [5.41, 5.74) is 1.48. The number of imidazole rings is 1. The van der Waals surface area contributed by atoms with E-state index in [1.807, 2.05) is 31.1 Å². The molecular formula is C10H14N4O. The Morgan fingerprint density at radius 3 is 2.67 bits per heavy atom. The third kappa shape index (κ3) is 1.78. The van der Waals surface area contributed by atoms with Crippen molar-refractivity contribution in [2.75, 3.05) is 19.0 Å². The molecule has 80 valence electrons. The second-order valence-electron chi connectivity index (χ2n) is 3.73. The number of aromatic nitrogens is 3. The molecular weight excluding hydrogens is 192 g/mol. The monoisotopic (exact) mass is 206 g/mol. The Bertz CT molecular complexity index is 469. The van der Waals surface area contributed by atoms with Crippen molar-refractivity contribution in [3.63, 3.8) is 0 Å². The molecule has 2 aromatic heterocycles. The van der Waals surface area contributed by atoms with Crippen LogP contribution < -0.4 is 4.90 Å². The molecule has 0 bridgehead atoms. The van der Waals surface area contributed by atoms with Gasteiger partial charge in [-0.15, -0.1) is 0 Å². The fourth-order valence-corrected chi connectivity index (χ4v) is 1.35. The minimum atomic E-state index is -0.595. The molecule has 5 heteroatoms. The first kappa shape index (κ1) is 9.92. The van der Waals surface area contributed by atoms with Gasteiger partial charge in [-0.2, -0.15) is 0 Å². The third-order valence-corrected chi connectivity index (χ3v) is 2.20. The lowest BCUT2D eigenvalue weighted by Crippen LogP contribution is -2.10. The zero-order chi connectivity index (χ0) is 11.0. The lowest BCUT2D eigenvalue weighted by molar-refractivity contribution is 0.190. The molecule has 15 heavy (non-hydrogen) atoms. The van der Waals surface area contributed by atoms with Crippen molar-refractivity contribution in [1.82, 2.24) is 15.0 Å². The largest absolute Gasteiger partial charge is 0.385 e. The Hall–Kier alpha value is -1.62. The maximum absolute atomic E-state index is 9.37. The van der Waals surface area contributed by atoms with E-state index in [0.717, 1.165) is 11.3 Å². The number of hydrogen-bond acceptors (Lipinski definition) is 4. The van der Waals surface area contributed by atoms with E-state index in [-0.39, 0.29) is 0 Å². The van der Waals surface area contributed by atoms with E-state index in [9.17, 15) is 5.11 Å². The zero-order valence-corrected chi connectivity index (χ0v) is 9.02. The highest BCUT2D eigenvalue weighted by atomic mass is 16.3. The van der Waals surface area contributed by atoms with E-state index < -0.39 is 6.10 Å². The molecule has 1 unspecified atom stereocenters. The van der Waals surface area contributed by atoms with Crippen molar-refractivity contribution >= 4 is 17.0 Å². The SMILES string of the molecule is CC(O)c1nc2nc(N(C)C)ccc2[nH]1. The van der Waals surface area contributed by atoms with Gasteiger partial charge in [-0.25, -0.2) is 9.97 Å². The van der Waals surface area contributed by atoms with Gasteiger partial charge in [0.25, 0.3) is 0 Å². The summed E-state index contributed by atoms with van der Waals surface area (Å²) in [7, 11) is 3.85. The van der Waals surface area contributed by atoms with Gasteiger partial charge in [0.1, 0.15) is 17.7 Å².